The Morgan fingerprint density at radius 1 is 0.550 bits per heavy atom. The highest BCUT2D eigenvalue weighted by molar-refractivity contribution is 4.84. The van der Waals surface area contributed by atoms with Gasteiger partial charge in [-0.3, -0.25) is 0 Å². The van der Waals surface area contributed by atoms with Gasteiger partial charge in [-0.05, 0) is 87.9 Å². The molecular formula is C19H34O. The lowest BCUT2D eigenvalue weighted by molar-refractivity contribution is -0.0317. The van der Waals surface area contributed by atoms with E-state index in [-0.39, 0.29) is 0 Å². The van der Waals surface area contributed by atoms with Crippen molar-refractivity contribution in [1.29, 1.82) is 0 Å². The van der Waals surface area contributed by atoms with Gasteiger partial charge in [0.05, 0.1) is 12.7 Å². The second-order valence-electron chi connectivity index (χ2n) is 8.18. The Morgan fingerprint density at radius 2 is 1.00 bits per heavy atom. The summed E-state index contributed by atoms with van der Waals surface area (Å²) in [6.07, 6.45) is 15.3. The normalized spacial score (nSPS) is 47.1. The van der Waals surface area contributed by atoms with Crippen molar-refractivity contribution in [3.63, 3.8) is 0 Å². The topological polar surface area (TPSA) is 9.23 Å². The van der Waals surface area contributed by atoms with Crippen molar-refractivity contribution in [2.75, 3.05) is 6.61 Å². The molecule has 2 saturated carbocycles. The van der Waals surface area contributed by atoms with Crippen LogP contribution < -0.4 is 0 Å². The first kappa shape index (κ1) is 14.9. The maximum Gasteiger partial charge on any atom is 0.0547 e. The van der Waals surface area contributed by atoms with Crippen LogP contribution in [0.5, 0.6) is 0 Å². The highest BCUT2D eigenvalue weighted by atomic mass is 16.5. The molecule has 3 rings (SSSR count). The van der Waals surface area contributed by atoms with E-state index in [9.17, 15) is 0 Å². The Kier molecular flexibility index (Phi) is 5.07. The minimum absolute atomic E-state index is 0.520. The molecule has 0 aromatic carbocycles. The van der Waals surface area contributed by atoms with Gasteiger partial charge in [-0.15, -0.1) is 0 Å². The van der Waals surface area contributed by atoms with Crippen LogP contribution in [0.4, 0.5) is 0 Å². The van der Waals surface area contributed by atoms with Gasteiger partial charge in [0, 0.05) is 0 Å². The van der Waals surface area contributed by atoms with Crippen LogP contribution in [0, 0.1) is 29.6 Å². The van der Waals surface area contributed by atoms with Gasteiger partial charge in [-0.1, -0.05) is 19.8 Å². The molecule has 2 aliphatic carbocycles. The largest absolute Gasteiger partial charge is 0.378 e. The molecule has 1 nitrogen and oxygen atoms in total. The third kappa shape index (κ3) is 3.59. The van der Waals surface area contributed by atoms with E-state index < -0.39 is 0 Å². The van der Waals surface area contributed by atoms with Crippen molar-refractivity contribution in [2.24, 2.45) is 29.6 Å². The Hall–Kier alpha value is -0.0400. The average Bonchev–Trinajstić information content (AvgIpc) is 2.49. The van der Waals surface area contributed by atoms with Crippen LogP contribution in [0.1, 0.15) is 78.1 Å². The molecule has 1 heterocycles. The van der Waals surface area contributed by atoms with Crippen LogP contribution in [-0.4, -0.2) is 12.7 Å². The molecule has 1 heteroatoms. The van der Waals surface area contributed by atoms with Crippen LogP contribution in [0.15, 0.2) is 0 Å². The predicted octanol–water partition coefficient (Wildman–Crippen LogP) is 5.43. The van der Waals surface area contributed by atoms with E-state index >= 15 is 0 Å². The lowest BCUT2D eigenvalue weighted by Crippen LogP contribution is -2.33. The summed E-state index contributed by atoms with van der Waals surface area (Å²) in [6.45, 7) is 5.73. The van der Waals surface area contributed by atoms with E-state index in [2.05, 4.69) is 13.8 Å². The summed E-state index contributed by atoms with van der Waals surface area (Å²) < 4.78 is 5.90. The van der Waals surface area contributed by atoms with Crippen molar-refractivity contribution in [3.8, 4) is 0 Å². The Morgan fingerprint density at radius 3 is 1.50 bits per heavy atom. The lowest BCUT2D eigenvalue weighted by atomic mass is 9.67. The van der Waals surface area contributed by atoms with Crippen molar-refractivity contribution in [1.82, 2.24) is 0 Å². The van der Waals surface area contributed by atoms with Gasteiger partial charge in [0.2, 0.25) is 0 Å². The van der Waals surface area contributed by atoms with Crippen LogP contribution >= 0.6 is 0 Å². The zero-order valence-corrected chi connectivity index (χ0v) is 13.7. The van der Waals surface area contributed by atoms with Gasteiger partial charge in [0.25, 0.3) is 0 Å². The fourth-order valence-electron chi connectivity index (χ4n) is 5.12. The summed E-state index contributed by atoms with van der Waals surface area (Å²) in [6, 6.07) is 0. The molecule has 0 spiro atoms. The van der Waals surface area contributed by atoms with Gasteiger partial charge in [0.15, 0.2) is 0 Å². The molecule has 20 heavy (non-hydrogen) atoms. The molecule has 0 bridgehead atoms. The summed E-state index contributed by atoms with van der Waals surface area (Å²) in [5.41, 5.74) is 0. The van der Waals surface area contributed by atoms with Crippen LogP contribution in [0.3, 0.4) is 0 Å². The van der Waals surface area contributed by atoms with Crippen LogP contribution in [0.2, 0.25) is 0 Å². The summed E-state index contributed by atoms with van der Waals surface area (Å²) in [5, 5.41) is 0. The van der Waals surface area contributed by atoms with Crippen LogP contribution in [-0.2, 0) is 4.74 Å². The smallest absolute Gasteiger partial charge is 0.0547 e. The average molecular weight is 278 g/mol. The first-order valence-electron chi connectivity index (χ1n) is 9.34. The molecule has 2 unspecified atom stereocenters. The molecule has 3 fully saturated rings. The van der Waals surface area contributed by atoms with Crippen LogP contribution in [0.25, 0.3) is 0 Å². The Bertz CT molecular complexity index is 246. The van der Waals surface area contributed by atoms with Gasteiger partial charge in [-0.2, -0.15) is 0 Å². The summed E-state index contributed by atoms with van der Waals surface area (Å²) >= 11 is 0. The first-order valence-corrected chi connectivity index (χ1v) is 9.34. The SMILES string of the molecule is CC1CCC(C2CCC(C3CCC(C)OC3)CC2)CC1. The zero-order valence-electron chi connectivity index (χ0n) is 13.7. The highest BCUT2D eigenvalue weighted by Crippen LogP contribution is 2.44. The molecule has 0 amide bonds. The summed E-state index contributed by atoms with van der Waals surface area (Å²) in [4.78, 5) is 0. The summed E-state index contributed by atoms with van der Waals surface area (Å²) in [5.74, 6) is 5.03. The number of hydrogen-bond donors (Lipinski definition) is 0. The second-order valence-corrected chi connectivity index (χ2v) is 8.18. The molecule has 0 radical (unpaired) electrons. The predicted molar refractivity (Wildman–Crippen MR) is 84.7 cm³/mol. The van der Waals surface area contributed by atoms with Gasteiger partial charge >= 0.3 is 0 Å². The molecule has 0 N–H and O–H groups in total. The monoisotopic (exact) mass is 278 g/mol. The van der Waals surface area contributed by atoms with Gasteiger partial charge < -0.3 is 4.74 Å². The third-order valence-electron chi connectivity index (χ3n) is 6.75. The van der Waals surface area contributed by atoms with Crippen molar-refractivity contribution in [3.05, 3.63) is 0 Å². The molecule has 116 valence electrons. The maximum absolute atomic E-state index is 5.90. The molecule has 1 saturated heterocycles. The summed E-state index contributed by atoms with van der Waals surface area (Å²) in [7, 11) is 0. The number of hydrogen-bond acceptors (Lipinski definition) is 1. The van der Waals surface area contributed by atoms with Gasteiger partial charge in [0.1, 0.15) is 0 Å². The fraction of sp³-hybridized carbons (Fsp3) is 1.00. The van der Waals surface area contributed by atoms with E-state index in [0.717, 1.165) is 36.2 Å². The van der Waals surface area contributed by atoms with E-state index in [0.29, 0.717) is 6.10 Å². The second kappa shape index (κ2) is 6.81. The Labute approximate surface area is 125 Å². The minimum atomic E-state index is 0.520. The minimum Gasteiger partial charge on any atom is -0.378 e. The molecule has 1 aliphatic heterocycles. The zero-order chi connectivity index (χ0) is 13.9. The van der Waals surface area contributed by atoms with E-state index in [4.69, 9.17) is 4.74 Å². The van der Waals surface area contributed by atoms with E-state index in [1.165, 1.54) is 64.2 Å². The van der Waals surface area contributed by atoms with Gasteiger partial charge in [-0.25, -0.2) is 0 Å². The fourth-order valence-corrected chi connectivity index (χ4v) is 5.12. The van der Waals surface area contributed by atoms with Crippen molar-refractivity contribution >= 4 is 0 Å². The molecule has 3 aliphatic rings. The highest BCUT2D eigenvalue weighted by Gasteiger charge is 2.33. The quantitative estimate of drug-likeness (QED) is 0.654. The van der Waals surface area contributed by atoms with E-state index in [1.54, 1.807) is 0 Å². The molecule has 2 atom stereocenters. The third-order valence-corrected chi connectivity index (χ3v) is 6.75. The maximum atomic E-state index is 5.90. The number of ether oxygens (including phenoxy) is 1. The van der Waals surface area contributed by atoms with Crippen molar-refractivity contribution in [2.45, 2.75) is 84.2 Å². The lowest BCUT2D eigenvalue weighted by Gasteiger charge is -2.40. The Balaban J connectivity index is 1.42. The van der Waals surface area contributed by atoms with Crippen molar-refractivity contribution < 1.29 is 4.74 Å². The van der Waals surface area contributed by atoms with E-state index in [1.807, 2.05) is 0 Å². The molecular weight excluding hydrogens is 244 g/mol. The first-order chi connectivity index (χ1) is 9.72. The number of rotatable bonds is 2. The standard InChI is InChI=1S/C19H34O/c1-14-3-6-16(7-4-14)17-9-11-18(12-10-17)19-8-5-15(2)20-13-19/h14-19H,3-13H2,1-2H3. The molecule has 0 aromatic rings. The molecule has 0 aromatic heterocycles.